The molecule has 4 aromatic rings. The van der Waals surface area contributed by atoms with Crippen LogP contribution in [-0.4, -0.2) is 24.2 Å². The molecule has 2 aromatic carbocycles. The molecule has 0 aliphatic rings. The van der Waals surface area contributed by atoms with Crippen molar-refractivity contribution in [3.63, 3.8) is 0 Å². The van der Waals surface area contributed by atoms with Gasteiger partial charge in [0.25, 0.3) is 0 Å². The van der Waals surface area contributed by atoms with E-state index < -0.39 is 0 Å². The van der Waals surface area contributed by atoms with E-state index in [0.717, 1.165) is 44.8 Å². The molecule has 0 aliphatic heterocycles. The minimum Gasteiger partial charge on any atom is -0.392 e. The fourth-order valence-corrected chi connectivity index (χ4v) is 3.06. The third kappa shape index (κ3) is 2.04. The first-order valence-electron chi connectivity index (χ1n) is 7.58. The minimum absolute atomic E-state index is 0.0288. The number of rotatable bonds is 2. The molecule has 0 amide bonds. The van der Waals surface area contributed by atoms with Crippen molar-refractivity contribution in [2.45, 2.75) is 13.5 Å². The molecule has 23 heavy (non-hydrogen) atoms. The van der Waals surface area contributed by atoms with Gasteiger partial charge in [0.15, 0.2) is 0 Å². The molecule has 0 aliphatic carbocycles. The standard InChI is InChI=1S/C18H18N4O/c1-11-19-15-9-13(5-7-16(15)21(11)2)18-20-14-8-12(10-23)4-6-17(14)22(18)3/h4-9,23H,10H2,1-3H3. The molecule has 5 heteroatoms. The zero-order valence-corrected chi connectivity index (χ0v) is 13.4. The van der Waals surface area contributed by atoms with Gasteiger partial charge in [-0.1, -0.05) is 6.07 Å². The van der Waals surface area contributed by atoms with E-state index in [1.165, 1.54) is 0 Å². The van der Waals surface area contributed by atoms with Gasteiger partial charge in [0.1, 0.15) is 11.6 Å². The van der Waals surface area contributed by atoms with Crippen molar-refractivity contribution in [3.8, 4) is 11.4 Å². The molecule has 5 nitrogen and oxygen atoms in total. The van der Waals surface area contributed by atoms with Crippen LogP contribution in [0.4, 0.5) is 0 Å². The molecular weight excluding hydrogens is 288 g/mol. The predicted molar refractivity (Wildman–Crippen MR) is 91.1 cm³/mol. The normalized spacial score (nSPS) is 11.7. The Labute approximate surface area is 133 Å². The van der Waals surface area contributed by atoms with Crippen LogP contribution in [0.2, 0.25) is 0 Å². The number of imidazole rings is 2. The van der Waals surface area contributed by atoms with Crippen LogP contribution in [0.3, 0.4) is 0 Å². The highest BCUT2D eigenvalue weighted by Gasteiger charge is 2.12. The number of hydrogen-bond donors (Lipinski definition) is 1. The van der Waals surface area contributed by atoms with Gasteiger partial charge in [-0.05, 0) is 42.8 Å². The second kappa shape index (κ2) is 4.93. The van der Waals surface area contributed by atoms with Crippen molar-refractivity contribution in [2.75, 3.05) is 0 Å². The summed E-state index contributed by atoms with van der Waals surface area (Å²) in [6, 6.07) is 12.1. The number of aryl methyl sites for hydroxylation is 3. The number of aromatic nitrogens is 4. The molecule has 0 saturated heterocycles. The van der Waals surface area contributed by atoms with Crippen molar-refractivity contribution in [2.24, 2.45) is 14.1 Å². The van der Waals surface area contributed by atoms with Crippen LogP contribution in [0.25, 0.3) is 33.5 Å². The average molecular weight is 306 g/mol. The summed E-state index contributed by atoms with van der Waals surface area (Å²) in [7, 11) is 4.03. The highest BCUT2D eigenvalue weighted by atomic mass is 16.3. The van der Waals surface area contributed by atoms with Crippen LogP contribution in [0.1, 0.15) is 11.4 Å². The smallest absolute Gasteiger partial charge is 0.140 e. The summed E-state index contributed by atoms with van der Waals surface area (Å²) in [5.74, 6) is 1.90. The third-order valence-electron chi connectivity index (χ3n) is 4.49. The summed E-state index contributed by atoms with van der Waals surface area (Å²) in [6.45, 7) is 2.03. The van der Waals surface area contributed by atoms with Gasteiger partial charge in [0.05, 0.1) is 28.7 Å². The molecule has 0 atom stereocenters. The Kier molecular flexibility index (Phi) is 2.99. The molecule has 4 rings (SSSR count). The third-order valence-corrected chi connectivity index (χ3v) is 4.49. The van der Waals surface area contributed by atoms with E-state index in [9.17, 15) is 5.11 Å². The Balaban J connectivity index is 1.92. The van der Waals surface area contributed by atoms with Gasteiger partial charge >= 0.3 is 0 Å². The SMILES string of the molecule is Cc1nc2cc(-c3nc4cc(CO)ccc4n3C)ccc2n1C. The van der Waals surface area contributed by atoms with Crippen molar-refractivity contribution < 1.29 is 5.11 Å². The number of hydrogen-bond acceptors (Lipinski definition) is 3. The second-order valence-electron chi connectivity index (χ2n) is 5.90. The molecule has 0 spiro atoms. The fraction of sp³-hybridized carbons (Fsp3) is 0.222. The Morgan fingerprint density at radius 2 is 1.61 bits per heavy atom. The summed E-state index contributed by atoms with van der Waals surface area (Å²) >= 11 is 0. The van der Waals surface area contributed by atoms with E-state index >= 15 is 0 Å². The van der Waals surface area contributed by atoms with E-state index in [1.54, 1.807) is 0 Å². The largest absolute Gasteiger partial charge is 0.392 e. The van der Waals surface area contributed by atoms with Gasteiger partial charge in [-0.3, -0.25) is 0 Å². The topological polar surface area (TPSA) is 55.9 Å². The van der Waals surface area contributed by atoms with Crippen LogP contribution >= 0.6 is 0 Å². The lowest BCUT2D eigenvalue weighted by atomic mass is 10.2. The Morgan fingerprint density at radius 3 is 2.39 bits per heavy atom. The van der Waals surface area contributed by atoms with Crippen LogP contribution in [0.5, 0.6) is 0 Å². The Morgan fingerprint density at radius 1 is 0.913 bits per heavy atom. The molecule has 0 saturated carbocycles. The summed E-state index contributed by atoms with van der Waals surface area (Å²) < 4.78 is 4.16. The number of aliphatic hydroxyl groups excluding tert-OH is 1. The quantitative estimate of drug-likeness (QED) is 0.619. The van der Waals surface area contributed by atoms with Gasteiger partial charge in [-0.2, -0.15) is 0 Å². The van der Waals surface area contributed by atoms with Gasteiger partial charge in [0, 0.05) is 19.7 Å². The van der Waals surface area contributed by atoms with Crippen molar-refractivity contribution in [1.29, 1.82) is 0 Å². The molecule has 0 radical (unpaired) electrons. The average Bonchev–Trinajstić information content (AvgIpc) is 3.04. The molecule has 0 fully saturated rings. The summed E-state index contributed by atoms with van der Waals surface area (Å²) in [5, 5.41) is 9.29. The molecule has 0 bridgehead atoms. The molecular formula is C18H18N4O. The molecule has 1 N–H and O–H groups in total. The first kappa shape index (κ1) is 14.0. The second-order valence-corrected chi connectivity index (χ2v) is 5.90. The first-order chi connectivity index (χ1) is 11.1. The lowest BCUT2D eigenvalue weighted by Gasteiger charge is -2.03. The van der Waals surface area contributed by atoms with Crippen molar-refractivity contribution in [1.82, 2.24) is 19.1 Å². The highest BCUT2D eigenvalue weighted by molar-refractivity contribution is 5.85. The minimum atomic E-state index is 0.0288. The van der Waals surface area contributed by atoms with Gasteiger partial charge < -0.3 is 14.2 Å². The highest BCUT2D eigenvalue weighted by Crippen LogP contribution is 2.27. The number of benzene rings is 2. The number of aliphatic hydroxyl groups is 1. The predicted octanol–water partition coefficient (Wildman–Crippen LogP) is 2.93. The number of nitrogens with zero attached hydrogens (tertiary/aromatic N) is 4. The fourth-order valence-electron chi connectivity index (χ4n) is 3.06. The van der Waals surface area contributed by atoms with Gasteiger partial charge in [-0.15, -0.1) is 0 Å². The van der Waals surface area contributed by atoms with Crippen molar-refractivity contribution >= 4 is 22.1 Å². The maximum atomic E-state index is 9.29. The zero-order valence-electron chi connectivity index (χ0n) is 13.4. The zero-order chi connectivity index (χ0) is 16.1. The summed E-state index contributed by atoms with van der Waals surface area (Å²) in [4.78, 5) is 9.35. The summed E-state index contributed by atoms with van der Waals surface area (Å²) in [6.07, 6.45) is 0. The van der Waals surface area contributed by atoms with E-state index in [4.69, 9.17) is 4.98 Å². The van der Waals surface area contributed by atoms with Gasteiger partial charge in [0.2, 0.25) is 0 Å². The van der Waals surface area contributed by atoms with Crippen LogP contribution in [0.15, 0.2) is 36.4 Å². The summed E-state index contributed by atoms with van der Waals surface area (Å²) in [5.41, 5.74) is 5.96. The van der Waals surface area contributed by atoms with Crippen molar-refractivity contribution in [3.05, 3.63) is 47.8 Å². The monoisotopic (exact) mass is 306 g/mol. The molecule has 2 heterocycles. The van der Waals surface area contributed by atoms with Crippen LogP contribution < -0.4 is 0 Å². The molecule has 116 valence electrons. The van der Waals surface area contributed by atoms with Crippen LogP contribution in [-0.2, 0) is 20.7 Å². The maximum Gasteiger partial charge on any atom is 0.140 e. The maximum absolute atomic E-state index is 9.29. The lowest BCUT2D eigenvalue weighted by molar-refractivity contribution is 0.282. The van der Waals surface area contributed by atoms with E-state index in [2.05, 4.69) is 32.3 Å². The van der Waals surface area contributed by atoms with Gasteiger partial charge in [-0.25, -0.2) is 9.97 Å². The van der Waals surface area contributed by atoms with E-state index in [-0.39, 0.29) is 6.61 Å². The molecule has 2 aromatic heterocycles. The van der Waals surface area contributed by atoms with E-state index in [0.29, 0.717) is 0 Å². The van der Waals surface area contributed by atoms with Crippen LogP contribution in [0, 0.1) is 6.92 Å². The molecule has 0 unspecified atom stereocenters. The Bertz CT molecular complexity index is 1040. The number of fused-ring (bicyclic) bond motifs is 2. The lowest BCUT2D eigenvalue weighted by Crippen LogP contribution is -1.93. The van der Waals surface area contributed by atoms with E-state index in [1.807, 2.05) is 39.2 Å². The first-order valence-corrected chi connectivity index (χ1v) is 7.58. The Hall–Kier alpha value is -2.66.